The van der Waals surface area contributed by atoms with Crippen molar-refractivity contribution in [1.82, 2.24) is 4.90 Å². The summed E-state index contributed by atoms with van der Waals surface area (Å²) in [6.45, 7) is 0.851. The van der Waals surface area contributed by atoms with E-state index in [1.54, 1.807) is 0 Å². The van der Waals surface area contributed by atoms with Crippen LogP contribution >= 0.6 is 0 Å². The van der Waals surface area contributed by atoms with Gasteiger partial charge in [-0.3, -0.25) is 0 Å². The van der Waals surface area contributed by atoms with Crippen LogP contribution in [0.5, 0.6) is 0 Å². The van der Waals surface area contributed by atoms with Gasteiger partial charge >= 0.3 is 0 Å². The first-order valence-corrected chi connectivity index (χ1v) is 3.23. The van der Waals surface area contributed by atoms with Gasteiger partial charge in [0.1, 0.15) is 0 Å². The Morgan fingerprint density at radius 3 is 1.64 bits per heavy atom. The first-order valence-electron chi connectivity index (χ1n) is 3.23. The topological polar surface area (TPSA) is 74.6 Å². The number of hydrogen-bond acceptors (Lipinski definition) is 4. The molecule has 0 saturated carbocycles. The molecular weight excluding hydrogens is 140 g/mol. The van der Waals surface area contributed by atoms with Crippen LogP contribution in [0.2, 0.25) is 0 Å². The highest BCUT2D eigenvalue weighted by molar-refractivity contribution is 4.82. The molecule has 0 N–H and O–H groups in total. The number of hydrogen-bond donors (Lipinski definition) is 0. The van der Waals surface area contributed by atoms with Crippen LogP contribution in [0.1, 0.15) is 12.8 Å². The Morgan fingerprint density at radius 1 is 0.909 bits per heavy atom. The van der Waals surface area contributed by atoms with E-state index in [0.29, 0.717) is 25.9 Å². The lowest BCUT2D eigenvalue weighted by Crippen LogP contribution is -2.19. The molecule has 0 aliphatic carbocycles. The summed E-state index contributed by atoms with van der Waals surface area (Å²) in [7, 11) is 0. The predicted molar refractivity (Wildman–Crippen MR) is 37.6 cm³/mol. The Morgan fingerprint density at radius 2 is 1.36 bits per heavy atom. The zero-order chi connectivity index (χ0) is 8.53. The van der Waals surface area contributed by atoms with Gasteiger partial charge in [-0.25, -0.2) is 0 Å². The van der Waals surface area contributed by atoms with Crippen LogP contribution in [0.4, 0.5) is 0 Å². The monoisotopic (exact) mass is 148 g/mol. The molecule has 0 bridgehead atoms. The van der Waals surface area contributed by atoms with Crippen LogP contribution in [-0.2, 0) is 0 Å². The first kappa shape index (κ1) is 9.27. The van der Waals surface area contributed by atoms with E-state index in [1.165, 1.54) is 4.90 Å². The average Bonchev–Trinajstić information content (AvgIpc) is 2.05. The van der Waals surface area contributed by atoms with Crippen molar-refractivity contribution in [3.63, 3.8) is 0 Å². The van der Waals surface area contributed by atoms with E-state index >= 15 is 0 Å². The van der Waals surface area contributed by atoms with Gasteiger partial charge in [0.2, 0.25) is 0 Å². The van der Waals surface area contributed by atoms with Crippen LogP contribution in [0.25, 0.3) is 0 Å². The van der Waals surface area contributed by atoms with Crippen LogP contribution in [-0.4, -0.2) is 18.0 Å². The van der Waals surface area contributed by atoms with Crippen LogP contribution < -0.4 is 0 Å². The third-order valence-corrected chi connectivity index (χ3v) is 1.13. The summed E-state index contributed by atoms with van der Waals surface area (Å²) in [5.41, 5.74) is 0. The first-order chi connectivity index (χ1) is 5.35. The molecule has 0 aliphatic heterocycles. The van der Waals surface area contributed by atoms with Crippen LogP contribution in [0.3, 0.4) is 0 Å². The van der Waals surface area contributed by atoms with Gasteiger partial charge < -0.3 is 4.90 Å². The van der Waals surface area contributed by atoms with Gasteiger partial charge in [0.25, 0.3) is 0 Å². The Labute approximate surface area is 65.9 Å². The van der Waals surface area contributed by atoms with E-state index in [9.17, 15) is 0 Å². The lowest BCUT2D eigenvalue weighted by atomic mass is 10.4. The maximum Gasteiger partial charge on any atom is 0.179 e. The fourth-order valence-electron chi connectivity index (χ4n) is 0.582. The maximum absolute atomic E-state index is 8.44. The average molecular weight is 148 g/mol. The SMILES string of the molecule is N#CCCN(C#N)CCC#N. The molecule has 0 spiro atoms. The van der Waals surface area contributed by atoms with Gasteiger partial charge in [-0.15, -0.1) is 0 Å². The molecule has 0 rings (SSSR count). The van der Waals surface area contributed by atoms with E-state index < -0.39 is 0 Å². The summed E-state index contributed by atoms with van der Waals surface area (Å²) in [6, 6.07) is 3.87. The normalized spacial score (nSPS) is 7.36. The molecule has 11 heavy (non-hydrogen) atoms. The molecule has 0 amide bonds. The molecule has 0 atom stereocenters. The van der Waals surface area contributed by atoms with Crippen LogP contribution in [0.15, 0.2) is 0 Å². The molecule has 0 aromatic rings. The van der Waals surface area contributed by atoms with E-state index in [1.807, 2.05) is 18.3 Å². The minimum absolute atomic E-state index is 0.332. The minimum atomic E-state index is 0.332. The second kappa shape index (κ2) is 6.39. The molecule has 0 aromatic heterocycles. The van der Waals surface area contributed by atoms with Gasteiger partial charge in [0.05, 0.1) is 25.0 Å². The Kier molecular flexibility index (Phi) is 5.39. The fourth-order valence-corrected chi connectivity index (χ4v) is 0.582. The molecular formula is C7H8N4. The zero-order valence-electron chi connectivity index (χ0n) is 6.12. The molecule has 4 nitrogen and oxygen atoms in total. The Hall–Kier alpha value is -1.73. The van der Waals surface area contributed by atoms with Crippen molar-refractivity contribution < 1.29 is 0 Å². The standard InChI is InChI=1S/C7H8N4/c8-3-1-5-11(7-10)6-2-4-9/h1-2,5-6H2. The van der Waals surface area contributed by atoms with Gasteiger partial charge in [0.15, 0.2) is 6.19 Å². The minimum Gasteiger partial charge on any atom is -0.309 e. The summed E-state index contributed by atoms with van der Waals surface area (Å²) in [5, 5.41) is 24.8. The predicted octanol–water partition coefficient (Wildman–Crippen LogP) is 0.597. The molecule has 0 aliphatic rings. The summed E-state index contributed by atoms with van der Waals surface area (Å²) in [5.74, 6) is 0. The fraction of sp³-hybridized carbons (Fsp3) is 0.571. The second-order valence-electron chi connectivity index (χ2n) is 1.90. The van der Waals surface area contributed by atoms with Gasteiger partial charge in [-0.2, -0.15) is 15.8 Å². The largest absolute Gasteiger partial charge is 0.309 e. The zero-order valence-corrected chi connectivity index (χ0v) is 6.12. The highest BCUT2D eigenvalue weighted by Gasteiger charge is 1.98. The number of nitrogens with zero attached hydrogens (tertiary/aromatic N) is 4. The summed E-state index contributed by atoms with van der Waals surface area (Å²) >= 11 is 0. The molecule has 0 heterocycles. The lowest BCUT2D eigenvalue weighted by molar-refractivity contribution is 0.409. The van der Waals surface area contributed by atoms with E-state index in [0.717, 1.165) is 0 Å². The van der Waals surface area contributed by atoms with Crippen molar-refractivity contribution in [1.29, 1.82) is 15.8 Å². The van der Waals surface area contributed by atoms with Crippen molar-refractivity contribution in [3.05, 3.63) is 0 Å². The molecule has 0 aromatic carbocycles. The lowest BCUT2D eigenvalue weighted by Gasteiger charge is -2.09. The molecule has 0 radical (unpaired) electrons. The quantitative estimate of drug-likeness (QED) is 0.432. The highest BCUT2D eigenvalue weighted by atomic mass is 15.1. The van der Waals surface area contributed by atoms with Crippen molar-refractivity contribution in [2.75, 3.05) is 13.1 Å². The smallest absolute Gasteiger partial charge is 0.179 e. The van der Waals surface area contributed by atoms with Gasteiger partial charge in [-0.05, 0) is 0 Å². The number of rotatable bonds is 4. The summed E-state index contributed by atoms with van der Waals surface area (Å²) in [6.07, 6.45) is 2.57. The Balaban J connectivity index is 3.55. The van der Waals surface area contributed by atoms with E-state index in [2.05, 4.69) is 0 Å². The maximum atomic E-state index is 8.44. The van der Waals surface area contributed by atoms with Gasteiger partial charge in [0, 0.05) is 13.1 Å². The van der Waals surface area contributed by atoms with E-state index in [4.69, 9.17) is 15.8 Å². The Bertz CT molecular complexity index is 196. The van der Waals surface area contributed by atoms with Crippen molar-refractivity contribution in [2.24, 2.45) is 0 Å². The van der Waals surface area contributed by atoms with Crippen molar-refractivity contribution in [3.8, 4) is 18.3 Å². The number of nitriles is 3. The molecule has 4 heteroatoms. The summed E-state index contributed by atoms with van der Waals surface area (Å²) < 4.78 is 0. The van der Waals surface area contributed by atoms with Crippen LogP contribution in [0, 0.1) is 34.1 Å². The van der Waals surface area contributed by atoms with Gasteiger partial charge in [-0.1, -0.05) is 0 Å². The highest BCUT2D eigenvalue weighted by Crippen LogP contribution is 1.90. The molecule has 0 fully saturated rings. The molecule has 0 unspecified atom stereocenters. The van der Waals surface area contributed by atoms with Crippen molar-refractivity contribution in [2.45, 2.75) is 12.8 Å². The molecule has 56 valence electrons. The van der Waals surface area contributed by atoms with Crippen molar-refractivity contribution >= 4 is 0 Å². The summed E-state index contributed by atoms with van der Waals surface area (Å²) in [4.78, 5) is 1.41. The van der Waals surface area contributed by atoms with E-state index in [-0.39, 0.29) is 0 Å². The third kappa shape index (κ3) is 4.75. The third-order valence-electron chi connectivity index (χ3n) is 1.13. The molecule has 0 saturated heterocycles. The second-order valence-corrected chi connectivity index (χ2v) is 1.90.